The van der Waals surface area contributed by atoms with Crippen LogP contribution in [0.4, 0.5) is 0 Å². The van der Waals surface area contributed by atoms with E-state index < -0.39 is 52.0 Å². The van der Waals surface area contributed by atoms with Crippen LogP contribution in [0, 0.1) is 11.8 Å². The first-order valence-electron chi connectivity index (χ1n) is 11.5. The Morgan fingerprint density at radius 1 is 1.14 bits per heavy atom. The van der Waals surface area contributed by atoms with Gasteiger partial charge in [-0.15, -0.1) is 0 Å². The van der Waals surface area contributed by atoms with E-state index in [1.54, 1.807) is 12.1 Å². The second-order valence-corrected chi connectivity index (χ2v) is 9.90. The molecule has 3 aliphatic rings. The van der Waals surface area contributed by atoms with E-state index in [9.17, 15) is 34.8 Å². The van der Waals surface area contributed by atoms with Crippen molar-refractivity contribution in [2.24, 2.45) is 17.6 Å². The first-order chi connectivity index (χ1) is 16.9. The van der Waals surface area contributed by atoms with Gasteiger partial charge in [0, 0.05) is 23.5 Å². The first-order valence-corrected chi connectivity index (χ1v) is 11.5. The zero-order chi connectivity index (χ0) is 26.1. The summed E-state index contributed by atoms with van der Waals surface area (Å²) in [5, 5.41) is 43.8. The number of benzene rings is 1. The molecule has 3 atom stereocenters. The maximum Gasteiger partial charge on any atom is 0.255 e. The Morgan fingerprint density at radius 2 is 1.86 bits per heavy atom. The molecule has 0 unspecified atom stereocenters. The summed E-state index contributed by atoms with van der Waals surface area (Å²) in [6.07, 6.45) is -0.0785. The van der Waals surface area contributed by atoms with Crippen molar-refractivity contribution in [3.8, 4) is 17.1 Å². The van der Waals surface area contributed by atoms with Crippen LogP contribution in [0.25, 0.3) is 17.1 Å². The molecule has 0 saturated heterocycles. The van der Waals surface area contributed by atoms with E-state index in [0.717, 1.165) is 5.76 Å². The normalized spacial score (nSPS) is 25.7. The lowest BCUT2D eigenvalue weighted by Crippen LogP contribution is -2.58. The van der Waals surface area contributed by atoms with Gasteiger partial charge >= 0.3 is 0 Å². The van der Waals surface area contributed by atoms with Crippen LogP contribution >= 0.6 is 0 Å². The third-order valence-electron chi connectivity index (χ3n) is 7.35. The Kier molecular flexibility index (Phi) is 5.34. The monoisotopic (exact) mass is 494 g/mol. The zero-order valence-electron chi connectivity index (χ0n) is 19.7. The van der Waals surface area contributed by atoms with Crippen molar-refractivity contribution in [3.05, 3.63) is 58.1 Å². The summed E-state index contributed by atoms with van der Waals surface area (Å²) >= 11 is 0. The Hall–Kier alpha value is -3.89. The molecule has 0 spiro atoms. The number of amides is 1. The van der Waals surface area contributed by atoms with Crippen molar-refractivity contribution >= 4 is 23.2 Å². The number of phenols is 1. The van der Waals surface area contributed by atoms with Crippen molar-refractivity contribution in [2.45, 2.75) is 31.4 Å². The van der Waals surface area contributed by atoms with E-state index in [2.05, 4.69) is 0 Å². The minimum atomic E-state index is -2.58. The number of fused-ring (bicyclic) bond motifs is 3. The molecular weight excluding hydrogens is 468 g/mol. The number of primary amides is 1. The fourth-order valence-electron chi connectivity index (χ4n) is 5.77. The number of furan rings is 1. The minimum Gasteiger partial charge on any atom is -0.508 e. The summed E-state index contributed by atoms with van der Waals surface area (Å²) in [7, 11) is 3.82. The summed E-state index contributed by atoms with van der Waals surface area (Å²) in [5.41, 5.74) is 2.87. The molecule has 1 amide bonds. The number of hydrogen-bond donors (Lipinski definition) is 5. The SMILES string of the molecule is CN(C)Cc1ccc(-c2ccc(O)c3c2C[C@H]2C[C@H]4CC(=O)C(C(N)=O)=C(O)[C@@]4(O)C(=O)C2=C3O)o1. The van der Waals surface area contributed by atoms with E-state index in [-0.39, 0.29) is 36.1 Å². The maximum absolute atomic E-state index is 13.6. The van der Waals surface area contributed by atoms with Gasteiger partial charge in [0.1, 0.15) is 34.4 Å². The molecule has 10 heteroatoms. The molecule has 10 nitrogen and oxygen atoms in total. The predicted octanol–water partition coefficient (Wildman–Crippen LogP) is 1.75. The highest BCUT2D eigenvalue weighted by Gasteiger charge is 2.60. The number of carbonyl (C=O) groups is 3. The minimum absolute atomic E-state index is 0.0326. The Balaban J connectivity index is 1.65. The molecule has 3 aliphatic carbocycles. The number of aromatic hydroxyl groups is 1. The van der Waals surface area contributed by atoms with Gasteiger partial charge in [0.15, 0.2) is 11.4 Å². The lowest BCUT2D eigenvalue weighted by Gasteiger charge is -2.46. The van der Waals surface area contributed by atoms with Crippen LogP contribution in [0.1, 0.15) is 29.7 Å². The zero-order valence-corrected chi connectivity index (χ0v) is 19.7. The Bertz CT molecular complexity index is 1400. The summed E-state index contributed by atoms with van der Waals surface area (Å²) in [5.74, 6) is -5.28. The van der Waals surface area contributed by atoms with Crippen LogP contribution in [0.2, 0.25) is 0 Å². The molecule has 1 aromatic heterocycles. The highest BCUT2D eigenvalue weighted by atomic mass is 16.4. The second-order valence-electron chi connectivity index (χ2n) is 9.90. The molecule has 0 bridgehead atoms. The van der Waals surface area contributed by atoms with Crippen LogP contribution in [-0.4, -0.2) is 62.5 Å². The summed E-state index contributed by atoms with van der Waals surface area (Å²) < 4.78 is 5.99. The van der Waals surface area contributed by atoms with Crippen LogP contribution in [0.5, 0.6) is 5.75 Å². The summed E-state index contributed by atoms with van der Waals surface area (Å²) in [6, 6.07) is 6.68. The van der Waals surface area contributed by atoms with Gasteiger partial charge in [0.05, 0.1) is 12.1 Å². The average Bonchev–Trinajstić information content (AvgIpc) is 3.23. The van der Waals surface area contributed by atoms with Crippen LogP contribution in [0.3, 0.4) is 0 Å². The maximum atomic E-state index is 13.6. The van der Waals surface area contributed by atoms with Gasteiger partial charge in [0.2, 0.25) is 5.78 Å². The molecule has 6 N–H and O–H groups in total. The van der Waals surface area contributed by atoms with Crippen molar-refractivity contribution in [1.29, 1.82) is 0 Å². The molecule has 36 heavy (non-hydrogen) atoms. The van der Waals surface area contributed by atoms with E-state index in [1.165, 1.54) is 6.07 Å². The highest BCUT2D eigenvalue weighted by Crippen LogP contribution is 2.53. The third kappa shape index (κ3) is 3.29. The van der Waals surface area contributed by atoms with Crippen LogP contribution in [-0.2, 0) is 27.3 Å². The molecular formula is C26H26N2O8. The van der Waals surface area contributed by atoms with E-state index in [4.69, 9.17) is 10.2 Å². The first kappa shape index (κ1) is 23.8. The molecule has 0 radical (unpaired) electrons. The number of hydrogen-bond acceptors (Lipinski definition) is 9. The number of aliphatic hydroxyl groups is 3. The average molecular weight is 495 g/mol. The molecule has 1 saturated carbocycles. The van der Waals surface area contributed by atoms with Crippen LogP contribution < -0.4 is 5.73 Å². The molecule has 1 fully saturated rings. The number of nitrogens with zero attached hydrogens (tertiary/aromatic N) is 1. The largest absolute Gasteiger partial charge is 0.508 e. The second kappa shape index (κ2) is 8.07. The van der Waals surface area contributed by atoms with Gasteiger partial charge in [-0.25, -0.2) is 0 Å². The van der Waals surface area contributed by atoms with Crippen molar-refractivity contribution < 1.29 is 39.2 Å². The molecule has 5 rings (SSSR count). The van der Waals surface area contributed by atoms with E-state index in [1.807, 2.05) is 25.1 Å². The van der Waals surface area contributed by atoms with Gasteiger partial charge < -0.3 is 35.5 Å². The quantitative estimate of drug-likeness (QED) is 0.397. The van der Waals surface area contributed by atoms with Crippen LogP contribution in [0.15, 0.2) is 45.6 Å². The highest BCUT2D eigenvalue weighted by molar-refractivity contribution is 6.22. The number of rotatable bonds is 4. The van der Waals surface area contributed by atoms with Gasteiger partial charge in [0.25, 0.3) is 5.91 Å². The fraction of sp³-hybridized carbons (Fsp3) is 0.346. The molecule has 1 aromatic carbocycles. The lowest BCUT2D eigenvalue weighted by molar-refractivity contribution is -0.147. The number of aliphatic hydroxyl groups excluding tert-OH is 2. The van der Waals surface area contributed by atoms with E-state index in [0.29, 0.717) is 23.4 Å². The topological polar surface area (TPSA) is 175 Å². The number of Topliss-reactive ketones (excluding diaryl/α,β-unsaturated/α-hetero) is 2. The Labute approximate surface area is 205 Å². The summed E-state index contributed by atoms with van der Waals surface area (Å²) in [4.78, 5) is 39.7. The predicted molar refractivity (Wildman–Crippen MR) is 126 cm³/mol. The number of ketones is 2. The number of carbonyl (C=O) groups excluding carboxylic acids is 3. The van der Waals surface area contributed by atoms with Gasteiger partial charge in [-0.2, -0.15) is 0 Å². The van der Waals surface area contributed by atoms with Crippen molar-refractivity contribution in [2.75, 3.05) is 14.1 Å². The summed E-state index contributed by atoms with van der Waals surface area (Å²) in [6.45, 7) is 0.575. The van der Waals surface area contributed by atoms with Crippen molar-refractivity contribution in [3.63, 3.8) is 0 Å². The smallest absolute Gasteiger partial charge is 0.255 e. The van der Waals surface area contributed by atoms with Crippen molar-refractivity contribution in [1.82, 2.24) is 4.90 Å². The van der Waals surface area contributed by atoms with Gasteiger partial charge in [-0.3, -0.25) is 14.4 Å². The fourth-order valence-corrected chi connectivity index (χ4v) is 5.77. The Morgan fingerprint density at radius 3 is 2.53 bits per heavy atom. The molecule has 2 aromatic rings. The molecule has 0 aliphatic heterocycles. The van der Waals surface area contributed by atoms with Gasteiger partial charge in [-0.05, 0) is 62.7 Å². The van der Waals surface area contributed by atoms with E-state index >= 15 is 0 Å². The van der Waals surface area contributed by atoms with Gasteiger partial charge in [-0.1, -0.05) is 0 Å². The molecule has 1 heterocycles. The molecule has 188 valence electrons. The number of nitrogens with two attached hydrogens (primary N) is 1. The standard InChI is InChI=1S/C26H26N2O8/c1-28(2)10-13-3-6-18(36-13)14-4-5-16(29)20-15(14)8-11-7-12-9-17(30)21(25(27)34)24(33)26(12,35)23(32)19(11)22(20)31/h3-6,11-12,29,31,33,35H,7-10H2,1-2H3,(H2,27,34)/t11-,12+,26+/m1/s1. The number of phenolic OH excluding ortho intramolecular Hbond substituents is 1. The third-order valence-corrected chi connectivity index (χ3v) is 7.35. The lowest BCUT2D eigenvalue weighted by atomic mass is 9.59.